The Kier molecular flexibility index (Phi) is 14.8. The molecule has 0 fully saturated rings. The minimum Gasteiger partial charge on any atom is -0.410 e. The van der Waals surface area contributed by atoms with Gasteiger partial charge in [-0.25, -0.2) is 9.59 Å². The highest BCUT2D eigenvalue weighted by atomic mass is 35.5. The zero-order chi connectivity index (χ0) is 27.9. The number of rotatable bonds is 14. The molecule has 0 bridgehead atoms. The van der Waals surface area contributed by atoms with Crippen molar-refractivity contribution < 1.29 is 19.1 Å². The van der Waals surface area contributed by atoms with Crippen LogP contribution in [0.4, 0.5) is 9.59 Å². The zero-order valence-corrected chi connectivity index (χ0v) is 24.8. The lowest BCUT2D eigenvalue weighted by atomic mass is 9.91. The molecule has 0 N–H and O–H groups in total. The number of carbonyl (C=O) groups is 2. The molecule has 2 amide bonds. The third-order valence-corrected chi connectivity index (χ3v) is 6.50. The standard InChI is InChI=1S/C28H34Cl4N2O4/c1-3-25(21-5-9-23(10-6-21)37-27(35)33(17-13-29)18-14-30)26(4-2)22-7-11-24(12-8-22)38-28(36)34(19-15-31)20-16-32/h5-12H,3-4,13-20H2,1-2H3. The molecule has 0 aliphatic carbocycles. The van der Waals surface area contributed by atoms with Gasteiger partial charge in [0.05, 0.1) is 0 Å². The Morgan fingerprint density at radius 1 is 0.579 bits per heavy atom. The third kappa shape index (κ3) is 9.57. The number of allylic oxidation sites excluding steroid dienone is 2. The summed E-state index contributed by atoms with van der Waals surface area (Å²) in [6.07, 6.45) is 0.663. The molecule has 10 heteroatoms. The Hall–Kier alpha value is -2.12. The quantitative estimate of drug-likeness (QED) is 0.162. The van der Waals surface area contributed by atoms with Crippen LogP contribution in [0.3, 0.4) is 0 Å². The molecule has 0 radical (unpaired) electrons. The second-order valence-corrected chi connectivity index (χ2v) is 9.69. The van der Waals surface area contributed by atoms with Gasteiger partial charge in [-0.05, 0) is 59.4 Å². The number of halogens is 4. The average molecular weight is 604 g/mol. The van der Waals surface area contributed by atoms with Crippen LogP contribution in [-0.2, 0) is 0 Å². The number of ether oxygens (including phenoxy) is 2. The molecule has 38 heavy (non-hydrogen) atoms. The van der Waals surface area contributed by atoms with Gasteiger partial charge in [-0.2, -0.15) is 0 Å². The molecule has 0 saturated heterocycles. The summed E-state index contributed by atoms with van der Waals surface area (Å²) in [4.78, 5) is 27.8. The smallest absolute Gasteiger partial charge is 0.410 e. The molecular formula is C28H34Cl4N2O4. The summed E-state index contributed by atoms with van der Waals surface area (Å²) in [6.45, 7) is 5.67. The van der Waals surface area contributed by atoms with Crippen LogP contribution in [0.5, 0.6) is 11.5 Å². The Labute approximate surface area is 245 Å². The van der Waals surface area contributed by atoms with Crippen molar-refractivity contribution in [2.45, 2.75) is 26.7 Å². The van der Waals surface area contributed by atoms with Crippen molar-refractivity contribution in [2.75, 3.05) is 49.7 Å². The highest BCUT2D eigenvalue weighted by molar-refractivity contribution is 6.19. The summed E-state index contributed by atoms with van der Waals surface area (Å²) in [5.41, 5.74) is 4.43. The van der Waals surface area contributed by atoms with E-state index in [1.165, 1.54) is 20.9 Å². The molecule has 6 nitrogen and oxygen atoms in total. The molecular weight excluding hydrogens is 570 g/mol. The van der Waals surface area contributed by atoms with E-state index in [-0.39, 0.29) is 0 Å². The van der Waals surface area contributed by atoms with Crippen LogP contribution in [0.15, 0.2) is 48.5 Å². The number of alkyl halides is 4. The van der Waals surface area contributed by atoms with Crippen LogP contribution in [0.2, 0.25) is 0 Å². The Bertz CT molecular complexity index is 950. The molecule has 208 valence electrons. The van der Waals surface area contributed by atoms with Gasteiger partial charge in [-0.15, -0.1) is 46.4 Å². The maximum Gasteiger partial charge on any atom is 0.415 e. The van der Waals surface area contributed by atoms with Gasteiger partial charge in [0, 0.05) is 49.7 Å². The Balaban J connectivity index is 2.20. The van der Waals surface area contributed by atoms with Crippen LogP contribution in [0.25, 0.3) is 11.1 Å². The van der Waals surface area contributed by atoms with E-state index in [2.05, 4.69) is 13.8 Å². The van der Waals surface area contributed by atoms with Gasteiger partial charge >= 0.3 is 12.2 Å². The molecule has 0 atom stereocenters. The monoisotopic (exact) mass is 602 g/mol. The molecule has 0 heterocycles. The summed E-state index contributed by atoms with van der Waals surface area (Å²) in [5.74, 6) is 2.12. The third-order valence-electron chi connectivity index (χ3n) is 5.82. The summed E-state index contributed by atoms with van der Waals surface area (Å²) in [7, 11) is 0. The van der Waals surface area contributed by atoms with Gasteiger partial charge in [-0.3, -0.25) is 0 Å². The van der Waals surface area contributed by atoms with E-state index < -0.39 is 12.2 Å². The number of benzene rings is 2. The molecule has 2 aromatic carbocycles. The number of hydrogen-bond acceptors (Lipinski definition) is 4. The van der Waals surface area contributed by atoms with Crippen LogP contribution >= 0.6 is 46.4 Å². The number of hydrogen-bond donors (Lipinski definition) is 0. The van der Waals surface area contributed by atoms with Crippen LogP contribution < -0.4 is 9.47 Å². The predicted octanol–water partition coefficient (Wildman–Crippen LogP) is 7.97. The van der Waals surface area contributed by atoms with E-state index in [4.69, 9.17) is 55.9 Å². The zero-order valence-electron chi connectivity index (χ0n) is 21.7. The first-order chi connectivity index (χ1) is 18.4. The molecule has 0 aromatic heterocycles. The predicted molar refractivity (Wildman–Crippen MR) is 158 cm³/mol. The minimum absolute atomic E-state index is 0.305. The van der Waals surface area contributed by atoms with E-state index in [1.54, 1.807) is 24.3 Å². The first-order valence-electron chi connectivity index (χ1n) is 12.5. The van der Waals surface area contributed by atoms with Gasteiger partial charge in [0.1, 0.15) is 11.5 Å². The lowest BCUT2D eigenvalue weighted by Crippen LogP contribution is -2.36. The normalized spacial score (nSPS) is 11.5. The van der Waals surface area contributed by atoms with Gasteiger partial charge < -0.3 is 19.3 Å². The van der Waals surface area contributed by atoms with E-state index in [9.17, 15) is 9.59 Å². The maximum absolute atomic E-state index is 12.4. The number of carbonyl (C=O) groups excluding carboxylic acids is 2. The number of amides is 2. The SMILES string of the molecule is CCC(=C(CC)c1ccc(OC(=O)N(CCCl)CCCl)cc1)c1ccc(OC(=O)N(CCCl)CCCl)cc1. The van der Waals surface area contributed by atoms with Crippen molar-refractivity contribution in [1.82, 2.24) is 9.80 Å². The molecule has 0 aliphatic rings. The van der Waals surface area contributed by atoms with Crippen LogP contribution in [0.1, 0.15) is 37.8 Å². The summed E-state index contributed by atoms with van der Waals surface area (Å²) in [5, 5.41) is 0. The Morgan fingerprint density at radius 3 is 1.11 bits per heavy atom. The first-order valence-corrected chi connectivity index (χ1v) is 14.7. The summed E-state index contributed by atoms with van der Waals surface area (Å²) in [6, 6.07) is 14.9. The molecule has 0 aliphatic heterocycles. The van der Waals surface area contributed by atoms with E-state index in [0.29, 0.717) is 61.2 Å². The molecule has 0 saturated carbocycles. The fraction of sp³-hybridized carbons (Fsp3) is 0.429. The van der Waals surface area contributed by atoms with Crippen molar-refractivity contribution in [1.29, 1.82) is 0 Å². The fourth-order valence-corrected chi connectivity index (χ4v) is 4.78. The maximum atomic E-state index is 12.4. The van der Waals surface area contributed by atoms with Gasteiger partial charge in [-0.1, -0.05) is 38.1 Å². The van der Waals surface area contributed by atoms with Crippen molar-refractivity contribution in [2.24, 2.45) is 0 Å². The summed E-state index contributed by atoms with van der Waals surface area (Å²) < 4.78 is 11.0. The van der Waals surface area contributed by atoms with E-state index in [0.717, 1.165) is 24.0 Å². The number of nitrogens with zero attached hydrogens (tertiary/aromatic N) is 2. The lowest BCUT2D eigenvalue weighted by Gasteiger charge is -2.20. The second-order valence-electron chi connectivity index (χ2n) is 8.18. The van der Waals surface area contributed by atoms with Crippen molar-refractivity contribution in [3.05, 3.63) is 59.7 Å². The minimum atomic E-state index is -0.478. The van der Waals surface area contributed by atoms with Crippen LogP contribution in [-0.4, -0.2) is 71.7 Å². The first kappa shape index (κ1) is 32.1. The van der Waals surface area contributed by atoms with Gasteiger partial charge in [0.25, 0.3) is 0 Å². The molecule has 0 unspecified atom stereocenters. The summed E-state index contributed by atoms with van der Waals surface area (Å²) >= 11 is 23.1. The fourth-order valence-electron chi connectivity index (χ4n) is 3.96. The highest BCUT2D eigenvalue weighted by Crippen LogP contribution is 2.33. The highest BCUT2D eigenvalue weighted by Gasteiger charge is 2.17. The molecule has 2 rings (SSSR count). The second kappa shape index (κ2) is 17.5. The molecule has 2 aromatic rings. The van der Waals surface area contributed by atoms with Crippen molar-refractivity contribution >= 4 is 69.7 Å². The van der Waals surface area contributed by atoms with Crippen molar-refractivity contribution in [3.8, 4) is 11.5 Å². The topological polar surface area (TPSA) is 59.1 Å². The van der Waals surface area contributed by atoms with Crippen LogP contribution in [0, 0.1) is 0 Å². The Morgan fingerprint density at radius 2 is 0.868 bits per heavy atom. The largest absolute Gasteiger partial charge is 0.415 e. The average Bonchev–Trinajstić information content (AvgIpc) is 2.92. The van der Waals surface area contributed by atoms with Gasteiger partial charge in [0.2, 0.25) is 0 Å². The van der Waals surface area contributed by atoms with E-state index >= 15 is 0 Å². The molecule has 0 spiro atoms. The van der Waals surface area contributed by atoms with Gasteiger partial charge in [0.15, 0.2) is 0 Å². The lowest BCUT2D eigenvalue weighted by molar-refractivity contribution is 0.157. The van der Waals surface area contributed by atoms with Crippen molar-refractivity contribution in [3.63, 3.8) is 0 Å². The van der Waals surface area contributed by atoms with E-state index in [1.807, 2.05) is 24.3 Å².